The number of hydrogen-bond donors (Lipinski definition) is 0. The number of benzene rings is 2. The van der Waals surface area contributed by atoms with E-state index in [1.165, 1.54) is 16.7 Å². The van der Waals surface area contributed by atoms with Crippen LogP contribution in [0.15, 0.2) is 43.0 Å². The molecule has 238 valence electrons. The summed E-state index contributed by atoms with van der Waals surface area (Å²) in [5, 5.41) is 10.1. The van der Waals surface area contributed by atoms with Gasteiger partial charge in [0.25, 0.3) is 0 Å². The number of carbonyl (C=O) groups is 1. The van der Waals surface area contributed by atoms with Crippen molar-refractivity contribution in [1.82, 2.24) is 14.5 Å². The maximum absolute atomic E-state index is 15.3. The van der Waals surface area contributed by atoms with Crippen molar-refractivity contribution in [3.05, 3.63) is 54.6 Å². The largest absolute Gasteiger partial charge is 0.487 e. The van der Waals surface area contributed by atoms with Gasteiger partial charge < -0.3 is 28.6 Å². The Hall–Kier alpha value is -4.73. The van der Waals surface area contributed by atoms with E-state index in [1.54, 1.807) is 71.0 Å². The minimum atomic E-state index is -0.810. The number of aryl methyl sites for hydroxylation is 1. The van der Waals surface area contributed by atoms with Gasteiger partial charge in [0.05, 0.1) is 42.1 Å². The Labute approximate surface area is 261 Å². The highest BCUT2D eigenvalue weighted by Gasteiger charge is 2.29. The molecule has 0 amide bonds. The average molecular weight is 620 g/mol. The van der Waals surface area contributed by atoms with E-state index in [0.717, 1.165) is 0 Å². The van der Waals surface area contributed by atoms with Crippen LogP contribution in [0.2, 0.25) is 0 Å². The maximum Gasteiger partial charge on any atom is 0.420 e. The van der Waals surface area contributed by atoms with Crippen molar-refractivity contribution in [3.63, 3.8) is 0 Å². The van der Waals surface area contributed by atoms with Crippen LogP contribution in [0, 0.1) is 24.1 Å². The number of nitriles is 1. The second-order valence-electron chi connectivity index (χ2n) is 11.2. The third-order valence-corrected chi connectivity index (χ3v) is 6.58. The molecule has 0 spiro atoms. The predicted octanol–water partition coefficient (Wildman–Crippen LogP) is 6.05. The lowest BCUT2D eigenvalue weighted by molar-refractivity contribution is 0.0539. The molecule has 0 fully saturated rings. The molecule has 0 radical (unpaired) electrons. The first-order valence-electron chi connectivity index (χ1n) is 14.4. The van der Waals surface area contributed by atoms with Crippen molar-refractivity contribution in [2.45, 2.75) is 33.3 Å². The number of methoxy groups -OCH3 is 1. The van der Waals surface area contributed by atoms with Crippen molar-refractivity contribution in [2.24, 2.45) is 0 Å². The standard InChI is InChI=1S/C33H38FN5O6/c1-8-12-38(6)25-20-23(34)19-24-28-29(36-21(2)37-31(28)39(30(24)25)32(40)45-33(3,4)5)22-9-10-26(27(18-22)43-13-11-35)44-17-16-42-15-14-41-7/h8-10,18-20H,1,12-17H2,2-7H3. The number of aromatic nitrogens is 3. The SMILES string of the molecule is C=CCN(C)c1cc(F)cc2c3c(-c4ccc(OCCOCCOC)c(OCC#N)c4)nc(C)nc3n(C(=O)OC(C)(C)C)c12. The summed E-state index contributed by atoms with van der Waals surface area (Å²) in [7, 11) is 3.38. The molecule has 0 bridgehead atoms. The van der Waals surface area contributed by atoms with Gasteiger partial charge in [-0.15, -0.1) is 6.58 Å². The minimum Gasteiger partial charge on any atom is -0.487 e. The minimum absolute atomic E-state index is 0.218. The van der Waals surface area contributed by atoms with Crippen LogP contribution < -0.4 is 14.4 Å². The van der Waals surface area contributed by atoms with Crippen molar-refractivity contribution in [2.75, 3.05) is 58.6 Å². The van der Waals surface area contributed by atoms with Gasteiger partial charge in [0.1, 0.15) is 29.9 Å². The van der Waals surface area contributed by atoms with Gasteiger partial charge in [0.2, 0.25) is 0 Å². The summed E-state index contributed by atoms with van der Waals surface area (Å²) >= 11 is 0. The third kappa shape index (κ3) is 7.68. The van der Waals surface area contributed by atoms with Crippen LogP contribution in [0.5, 0.6) is 11.5 Å². The van der Waals surface area contributed by atoms with Crippen LogP contribution in [0.25, 0.3) is 33.2 Å². The van der Waals surface area contributed by atoms with E-state index in [2.05, 4.69) is 11.6 Å². The molecule has 11 nitrogen and oxygen atoms in total. The predicted molar refractivity (Wildman–Crippen MR) is 170 cm³/mol. The Bertz CT molecular complexity index is 1740. The molecule has 45 heavy (non-hydrogen) atoms. The van der Waals surface area contributed by atoms with Crippen LogP contribution in [0.1, 0.15) is 26.6 Å². The zero-order valence-corrected chi connectivity index (χ0v) is 26.5. The molecule has 0 atom stereocenters. The molecule has 2 heterocycles. The van der Waals surface area contributed by atoms with Gasteiger partial charge in [0, 0.05) is 31.7 Å². The van der Waals surface area contributed by atoms with Crippen LogP contribution >= 0.6 is 0 Å². The zero-order chi connectivity index (χ0) is 32.7. The van der Waals surface area contributed by atoms with Crippen LogP contribution in [0.3, 0.4) is 0 Å². The molecule has 4 aromatic rings. The third-order valence-electron chi connectivity index (χ3n) is 6.58. The summed E-state index contributed by atoms with van der Waals surface area (Å²) < 4.78 is 44.5. The normalized spacial score (nSPS) is 11.4. The van der Waals surface area contributed by atoms with Gasteiger partial charge in [-0.3, -0.25) is 0 Å². The summed E-state index contributed by atoms with van der Waals surface area (Å²) in [5.41, 5.74) is 1.33. The van der Waals surface area contributed by atoms with Gasteiger partial charge in [-0.1, -0.05) is 6.08 Å². The zero-order valence-electron chi connectivity index (χ0n) is 26.5. The van der Waals surface area contributed by atoms with E-state index < -0.39 is 17.5 Å². The van der Waals surface area contributed by atoms with E-state index >= 15 is 4.39 Å². The Balaban J connectivity index is 1.95. The second kappa shape index (κ2) is 14.4. The molecule has 2 aromatic heterocycles. The number of nitrogens with zero attached hydrogens (tertiary/aromatic N) is 5. The first kappa shape index (κ1) is 33.2. The quantitative estimate of drug-likeness (QED) is 0.129. The fourth-order valence-electron chi connectivity index (χ4n) is 4.81. The van der Waals surface area contributed by atoms with Crippen molar-refractivity contribution in [1.29, 1.82) is 5.26 Å². The van der Waals surface area contributed by atoms with Gasteiger partial charge >= 0.3 is 6.09 Å². The Morgan fingerprint density at radius 2 is 1.87 bits per heavy atom. The lowest BCUT2D eigenvalue weighted by atomic mass is 10.0. The lowest BCUT2D eigenvalue weighted by Crippen LogP contribution is -2.28. The number of carbonyl (C=O) groups excluding carboxylic acids is 1. The van der Waals surface area contributed by atoms with E-state index in [0.29, 0.717) is 76.9 Å². The second-order valence-corrected chi connectivity index (χ2v) is 11.2. The number of hydrogen-bond acceptors (Lipinski definition) is 10. The van der Waals surface area contributed by atoms with Gasteiger partial charge in [0.15, 0.2) is 23.8 Å². The van der Waals surface area contributed by atoms with Crippen molar-refractivity contribution in [3.8, 4) is 28.8 Å². The Kier molecular flexibility index (Phi) is 10.6. The molecule has 0 aliphatic carbocycles. The number of anilines is 1. The topological polar surface area (TPSA) is 121 Å². The molecule has 0 unspecified atom stereocenters. The lowest BCUT2D eigenvalue weighted by Gasteiger charge is -2.22. The molecule has 4 rings (SSSR count). The van der Waals surface area contributed by atoms with E-state index in [9.17, 15) is 10.1 Å². The average Bonchev–Trinajstić information content (AvgIpc) is 3.30. The van der Waals surface area contributed by atoms with E-state index in [4.69, 9.17) is 28.7 Å². The summed E-state index contributed by atoms with van der Waals surface area (Å²) in [6, 6.07) is 9.88. The van der Waals surface area contributed by atoms with Gasteiger partial charge in [-0.2, -0.15) is 5.26 Å². The van der Waals surface area contributed by atoms with Crippen LogP contribution in [-0.4, -0.2) is 80.0 Å². The Morgan fingerprint density at radius 3 is 2.56 bits per heavy atom. The molecule has 0 saturated carbocycles. The molecule has 12 heteroatoms. The molecule has 2 aromatic carbocycles. The number of halogens is 1. The molecule has 0 saturated heterocycles. The fraction of sp³-hybridized carbons (Fsp3) is 0.394. The number of likely N-dealkylation sites (N-methyl/N-ethyl adjacent to an activating group) is 1. The molecule has 0 N–H and O–H groups in total. The molecule has 0 aliphatic rings. The summed E-state index contributed by atoms with van der Waals surface area (Å²) in [5.74, 6) is 0.586. The summed E-state index contributed by atoms with van der Waals surface area (Å²) in [6.45, 7) is 12.5. The van der Waals surface area contributed by atoms with Crippen LogP contribution in [-0.2, 0) is 14.2 Å². The maximum atomic E-state index is 15.3. The monoisotopic (exact) mass is 619 g/mol. The molecular formula is C33H38FN5O6. The van der Waals surface area contributed by atoms with E-state index in [1.807, 2.05) is 6.07 Å². The number of ether oxygens (including phenoxy) is 5. The van der Waals surface area contributed by atoms with E-state index in [-0.39, 0.29) is 18.9 Å². The highest BCUT2D eigenvalue weighted by Crippen LogP contribution is 2.41. The Morgan fingerprint density at radius 1 is 1.11 bits per heavy atom. The van der Waals surface area contributed by atoms with Crippen LogP contribution in [0.4, 0.5) is 14.9 Å². The highest BCUT2D eigenvalue weighted by molar-refractivity contribution is 6.19. The molecular weight excluding hydrogens is 581 g/mol. The first-order valence-corrected chi connectivity index (χ1v) is 14.4. The number of fused-ring (bicyclic) bond motifs is 3. The van der Waals surface area contributed by atoms with Gasteiger partial charge in [-0.05, 0) is 58.0 Å². The first-order chi connectivity index (χ1) is 21.5. The summed E-state index contributed by atoms with van der Waals surface area (Å²) in [6.07, 6.45) is 1.02. The number of rotatable bonds is 13. The fourth-order valence-corrected chi connectivity index (χ4v) is 4.81. The van der Waals surface area contributed by atoms with Crippen molar-refractivity contribution < 1.29 is 32.9 Å². The molecule has 0 aliphatic heterocycles. The highest BCUT2D eigenvalue weighted by atomic mass is 19.1. The van der Waals surface area contributed by atoms with Crippen molar-refractivity contribution >= 4 is 33.7 Å². The van der Waals surface area contributed by atoms with Gasteiger partial charge in [-0.25, -0.2) is 23.7 Å². The smallest absolute Gasteiger partial charge is 0.420 e. The summed E-state index contributed by atoms with van der Waals surface area (Å²) in [4.78, 5) is 25.0.